The molecule has 0 aliphatic carbocycles. The molecule has 0 saturated carbocycles. The van der Waals surface area contributed by atoms with Gasteiger partial charge in [0, 0.05) is 6.54 Å². The summed E-state index contributed by atoms with van der Waals surface area (Å²) in [5.74, 6) is -1.45. The van der Waals surface area contributed by atoms with Gasteiger partial charge in [-0.1, -0.05) is 19.3 Å². The van der Waals surface area contributed by atoms with Gasteiger partial charge in [-0.15, -0.1) is 0 Å². The van der Waals surface area contributed by atoms with Crippen LogP contribution in [-0.4, -0.2) is 46.6 Å². The second-order valence-corrected chi connectivity index (χ2v) is 5.55. The van der Waals surface area contributed by atoms with Crippen LogP contribution in [0.1, 0.15) is 33.1 Å². The molecule has 2 amide bonds. The van der Waals surface area contributed by atoms with Crippen LogP contribution in [0.15, 0.2) is 4.99 Å². The van der Waals surface area contributed by atoms with Crippen LogP contribution in [0.25, 0.3) is 0 Å². The van der Waals surface area contributed by atoms with Crippen LogP contribution in [0.2, 0.25) is 0 Å². The Morgan fingerprint density at radius 2 is 1.96 bits per heavy atom. The van der Waals surface area contributed by atoms with Gasteiger partial charge in [-0.25, -0.2) is 20.6 Å². The minimum atomic E-state index is -0.999. The van der Waals surface area contributed by atoms with Crippen molar-refractivity contribution in [2.75, 3.05) is 6.54 Å². The van der Waals surface area contributed by atoms with E-state index in [0.717, 1.165) is 0 Å². The molecule has 1 unspecified atom stereocenters. The molecule has 0 aromatic rings. The third-order valence-corrected chi connectivity index (χ3v) is 2.94. The van der Waals surface area contributed by atoms with Crippen LogP contribution in [-0.2, 0) is 9.59 Å². The molecule has 0 heterocycles. The van der Waals surface area contributed by atoms with Crippen LogP contribution in [0.3, 0.4) is 0 Å². The van der Waals surface area contributed by atoms with Crippen molar-refractivity contribution < 1.29 is 19.8 Å². The maximum atomic E-state index is 11.9. The third-order valence-electron chi connectivity index (χ3n) is 2.94. The average molecular weight is 347 g/mol. The van der Waals surface area contributed by atoms with Crippen molar-refractivity contribution in [1.29, 1.82) is 0 Å². The molecule has 0 fully saturated rings. The molecule has 0 saturated heterocycles. The molecule has 12 heteroatoms. The summed E-state index contributed by atoms with van der Waals surface area (Å²) in [4.78, 5) is 37.3. The van der Waals surface area contributed by atoms with Crippen LogP contribution < -0.4 is 27.7 Å². The fraction of sp³-hybridized carbons (Fsp3) is 0.750. The summed E-state index contributed by atoms with van der Waals surface area (Å²) in [5.41, 5.74) is 14.1. The highest BCUT2D eigenvalue weighted by Crippen LogP contribution is 2.04. The summed E-state index contributed by atoms with van der Waals surface area (Å²) in [7, 11) is 0. The van der Waals surface area contributed by atoms with E-state index in [9.17, 15) is 19.7 Å². The zero-order chi connectivity index (χ0) is 18.7. The van der Waals surface area contributed by atoms with E-state index >= 15 is 0 Å². The molecular weight excluding hydrogens is 322 g/mol. The first-order chi connectivity index (χ1) is 11.2. The van der Waals surface area contributed by atoms with Gasteiger partial charge in [-0.3, -0.25) is 14.8 Å². The van der Waals surface area contributed by atoms with Gasteiger partial charge >= 0.3 is 0 Å². The minimum absolute atomic E-state index is 0.0931. The highest BCUT2D eigenvalue weighted by molar-refractivity contribution is 5.89. The molecule has 0 rings (SSSR count). The van der Waals surface area contributed by atoms with E-state index in [0.29, 0.717) is 6.42 Å². The van der Waals surface area contributed by atoms with Crippen molar-refractivity contribution in [2.45, 2.75) is 45.2 Å². The lowest BCUT2D eigenvalue weighted by Gasteiger charge is -2.20. The van der Waals surface area contributed by atoms with Gasteiger partial charge in [0.15, 0.2) is 5.03 Å². The summed E-state index contributed by atoms with van der Waals surface area (Å²) in [6.07, 6.45) is 0.881. The Morgan fingerprint density at radius 3 is 2.46 bits per heavy atom. The van der Waals surface area contributed by atoms with E-state index in [4.69, 9.17) is 16.7 Å². The number of hydroxylamine groups is 1. The molecule has 0 bridgehead atoms. The first-order valence-electron chi connectivity index (χ1n) is 7.38. The lowest BCUT2D eigenvalue weighted by molar-refractivity contribution is -0.525. The summed E-state index contributed by atoms with van der Waals surface area (Å²) in [6.45, 7) is 3.91. The number of aliphatic imine (C=N–C) groups is 1. The van der Waals surface area contributed by atoms with Gasteiger partial charge in [0.05, 0.1) is 6.04 Å². The Kier molecular flexibility index (Phi) is 9.98. The number of rotatable bonds is 10. The number of amides is 2. The molecule has 0 radical (unpaired) electrons. The predicted molar refractivity (Wildman–Crippen MR) is 85.1 cm³/mol. The van der Waals surface area contributed by atoms with E-state index in [1.165, 1.54) is 5.48 Å². The molecule has 138 valence electrons. The number of nitrogens with one attached hydrogen (secondary N) is 3. The molecule has 12 nitrogen and oxygen atoms in total. The topological polar surface area (TPSA) is 198 Å². The number of guanidine groups is 1. The van der Waals surface area contributed by atoms with E-state index in [2.05, 4.69) is 10.3 Å². The molecular formula is C12H25N7O5. The van der Waals surface area contributed by atoms with Crippen molar-refractivity contribution in [3.8, 4) is 0 Å². The molecule has 0 aliphatic heterocycles. The Labute approximate surface area is 139 Å². The van der Waals surface area contributed by atoms with Gasteiger partial charge in [0.1, 0.15) is 6.04 Å². The molecule has 8 N–H and O–H groups in total. The van der Waals surface area contributed by atoms with Gasteiger partial charge < -0.3 is 16.8 Å². The lowest BCUT2D eigenvalue weighted by Crippen LogP contribution is -2.51. The third kappa shape index (κ3) is 9.53. The molecule has 0 spiro atoms. The van der Waals surface area contributed by atoms with Crippen LogP contribution in [0.5, 0.6) is 0 Å². The zero-order valence-electron chi connectivity index (χ0n) is 13.7. The number of hydrogen-bond donors (Lipinski definition) is 6. The second kappa shape index (κ2) is 11.1. The molecule has 0 aliphatic rings. The summed E-state index contributed by atoms with van der Waals surface area (Å²) in [6, 6.07) is -1.77. The Bertz CT molecular complexity index is 469. The average Bonchev–Trinajstić information content (AvgIpc) is 2.47. The first-order valence-corrected chi connectivity index (χ1v) is 7.38. The summed E-state index contributed by atoms with van der Waals surface area (Å²) >= 11 is 0. The molecule has 2 atom stereocenters. The number of hydrogen-bond acceptors (Lipinski definition) is 7. The van der Waals surface area contributed by atoms with E-state index in [1.807, 2.05) is 13.8 Å². The van der Waals surface area contributed by atoms with Crippen LogP contribution in [0, 0.1) is 16.0 Å². The van der Waals surface area contributed by atoms with E-state index < -0.39 is 28.9 Å². The largest absolute Gasteiger partial charge is 0.365 e. The molecule has 0 aromatic carbocycles. The maximum Gasteiger partial charge on any atom is 0.265 e. The standard InChI is InChI=1S/C12H25N7O5/c1-7(2)6-8(13)10(20)16-9(11(21)18-22)4-3-5-15-12(14)17-19(23)24/h7-9,22H,3-6,13H2,1-2H3,(H,16,20)(H,18,21)(H3,14,15,17)/t8?,9-/m0/s1. The van der Waals surface area contributed by atoms with E-state index in [-0.39, 0.29) is 31.3 Å². The maximum absolute atomic E-state index is 11.9. The van der Waals surface area contributed by atoms with Crippen LogP contribution in [0.4, 0.5) is 0 Å². The number of carbonyl (C=O) groups is 2. The number of nitrogens with zero attached hydrogens (tertiary/aromatic N) is 2. The highest BCUT2D eigenvalue weighted by atomic mass is 16.7. The van der Waals surface area contributed by atoms with Gasteiger partial charge in [-0.2, -0.15) is 0 Å². The fourth-order valence-corrected chi connectivity index (χ4v) is 1.86. The van der Waals surface area contributed by atoms with Crippen molar-refractivity contribution >= 4 is 17.8 Å². The first kappa shape index (κ1) is 21.5. The number of nitrogens with two attached hydrogens (primary N) is 2. The second-order valence-electron chi connectivity index (χ2n) is 5.55. The monoisotopic (exact) mass is 347 g/mol. The smallest absolute Gasteiger partial charge is 0.265 e. The Balaban J connectivity index is 4.50. The molecule has 24 heavy (non-hydrogen) atoms. The predicted octanol–water partition coefficient (Wildman–Crippen LogP) is -1.77. The number of carbonyl (C=O) groups excluding carboxylic acids is 2. The summed E-state index contributed by atoms with van der Waals surface area (Å²) in [5, 5.41) is 20.5. The number of hydrazine groups is 1. The van der Waals surface area contributed by atoms with Crippen molar-refractivity contribution in [2.24, 2.45) is 22.4 Å². The Morgan fingerprint density at radius 1 is 1.33 bits per heavy atom. The highest BCUT2D eigenvalue weighted by Gasteiger charge is 2.23. The quantitative estimate of drug-likeness (QED) is 0.0665. The van der Waals surface area contributed by atoms with Crippen molar-refractivity contribution in [3.63, 3.8) is 0 Å². The fourth-order valence-electron chi connectivity index (χ4n) is 1.86. The summed E-state index contributed by atoms with van der Waals surface area (Å²) < 4.78 is 0. The molecule has 0 aromatic heterocycles. The number of nitro groups is 1. The minimum Gasteiger partial charge on any atom is -0.365 e. The Hall–Kier alpha value is -2.47. The van der Waals surface area contributed by atoms with Gasteiger partial charge in [-0.05, 0) is 25.2 Å². The van der Waals surface area contributed by atoms with Crippen molar-refractivity contribution in [3.05, 3.63) is 10.1 Å². The SMILES string of the molecule is CC(C)CC(N)C(=O)N[C@@H](CCCN=C(N)N[N+](=O)[O-])C(=O)NO. The van der Waals surface area contributed by atoms with Gasteiger partial charge in [0.25, 0.3) is 11.9 Å². The van der Waals surface area contributed by atoms with E-state index in [1.54, 1.807) is 5.43 Å². The van der Waals surface area contributed by atoms with Crippen molar-refractivity contribution in [1.82, 2.24) is 16.2 Å². The normalized spacial score (nSPS) is 14.0. The van der Waals surface area contributed by atoms with Gasteiger partial charge in [0.2, 0.25) is 5.91 Å². The lowest BCUT2D eigenvalue weighted by atomic mass is 10.0. The van der Waals surface area contributed by atoms with Crippen LogP contribution >= 0.6 is 0 Å². The zero-order valence-corrected chi connectivity index (χ0v) is 13.7.